The molecule has 3 rings (SSSR count). The van der Waals surface area contributed by atoms with E-state index in [0.29, 0.717) is 11.3 Å². The summed E-state index contributed by atoms with van der Waals surface area (Å²) >= 11 is 0. The summed E-state index contributed by atoms with van der Waals surface area (Å²) in [4.78, 5) is 9.33. The third kappa shape index (κ3) is 4.20. The predicted molar refractivity (Wildman–Crippen MR) is 105 cm³/mol. The van der Waals surface area contributed by atoms with Crippen LogP contribution in [0.3, 0.4) is 0 Å². The van der Waals surface area contributed by atoms with E-state index < -0.39 is 0 Å². The van der Waals surface area contributed by atoms with Crippen LogP contribution in [0.2, 0.25) is 0 Å². The fraction of sp³-hybridized carbons (Fsp3) is 0.650. The van der Waals surface area contributed by atoms with Gasteiger partial charge in [0.25, 0.3) is 0 Å². The van der Waals surface area contributed by atoms with Crippen molar-refractivity contribution in [3.63, 3.8) is 0 Å². The van der Waals surface area contributed by atoms with E-state index in [1.54, 1.807) is 7.11 Å². The molecule has 1 atom stereocenters. The molecule has 1 unspecified atom stereocenters. The minimum Gasteiger partial charge on any atom is -0.495 e. The molecule has 0 aromatic heterocycles. The summed E-state index contributed by atoms with van der Waals surface area (Å²) in [5.74, 6) is 2.66. The summed E-state index contributed by atoms with van der Waals surface area (Å²) in [6, 6.07) is 8.30. The molecule has 0 saturated carbocycles. The maximum absolute atomic E-state index is 5.51. The van der Waals surface area contributed by atoms with E-state index >= 15 is 0 Å². The average molecular weight is 345 g/mol. The molecule has 1 N–H and O–H groups in total. The lowest BCUT2D eigenvalue weighted by atomic mass is 9.93. The van der Waals surface area contributed by atoms with Gasteiger partial charge in [-0.15, -0.1) is 0 Å². The summed E-state index contributed by atoms with van der Waals surface area (Å²) in [5, 5.41) is 3.61. The van der Waals surface area contributed by atoms with Crippen LogP contribution in [0.25, 0.3) is 0 Å². The van der Waals surface area contributed by atoms with E-state index in [9.17, 15) is 0 Å². The maximum atomic E-state index is 5.51. The van der Waals surface area contributed by atoms with Gasteiger partial charge in [-0.1, -0.05) is 26.0 Å². The first-order valence-corrected chi connectivity index (χ1v) is 9.36. The maximum Gasteiger partial charge on any atom is 0.193 e. The number of aliphatic imine (C=N–C) groups is 1. The zero-order valence-corrected chi connectivity index (χ0v) is 16.1. The quantitative estimate of drug-likeness (QED) is 0.673. The van der Waals surface area contributed by atoms with Crippen LogP contribution < -0.4 is 15.0 Å². The van der Waals surface area contributed by atoms with E-state index in [-0.39, 0.29) is 0 Å². The summed E-state index contributed by atoms with van der Waals surface area (Å²) in [6.07, 6.45) is 2.44. The Kier molecular flexibility index (Phi) is 5.40. The number of para-hydroxylation sites is 2. The normalized spacial score (nSPS) is 23.2. The molecule has 5 heteroatoms. The number of guanidine groups is 1. The highest BCUT2D eigenvalue weighted by Crippen LogP contribution is 2.32. The fourth-order valence-corrected chi connectivity index (χ4v) is 3.97. The molecule has 2 heterocycles. The number of anilines is 1. The summed E-state index contributed by atoms with van der Waals surface area (Å²) in [7, 11) is 3.64. The Morgan fingerprint density at radius 3 is 2.80 bits per heavy atom. The Morgan fingerprint density at radius 2 is 2.12 bits per heavy atom. The lowest BCUT2D eigenvalue weighted by Gasteiger charge is -2.25. The molecular weight excluding hydrogens is 312 g/mol. The van der Waals surface area contributed by atoms with Crippen LogP contribution in [0.4, 0.5) is 5.69 Å². The highest BCUT2D eigenvalue weighted by molar-refractivity contribution is 5.80. The van der Waals surface area contributed by atoms with Crippen molar-refractivity contribution in [2.75, 3.05) is 51.8 Å². The molecule has 5 nitrogen and oxygen atoms in total. The average Bonchev–Trinajstić information content (AvgIpc) is 3.22. The van der Waals surface area contributed by atoms with Crippen molar-refractivity contribution in [1.29, 1.82) is 0 Å². The molecule has 25 heavy (non-hydrogen) atoms. The van der Waals surface area contributed by atoms with Gasteiger partial charge in [0, 0.05) is 39.8 Å². The number of rotatable bonds is 4. The van der Waals surface area contributed by atoms with Crippen molar-refractivity contribution < 1.29 is 4.74 Å². The van der Waals surface area contributed by atoms with Gasteiger partial charge in [-0.05, 0) is 36.3 Å². The molecule has 1 aromatic rings. The topological polar surface area (TPSA) is 40.1 Å². The van der Waals surface area contributed by atoms with Gasteiger partial charge in [0.2, 0.25) is 0 Å². The van der Waals surface area contributed by atoms with Crippen LogP contribution in [0.1, 0.15) is 26.7 Å². The second-order valence-corrected chi connectivity index (χ2v) is 8.04. The van der Waals surface area contributed by atoms with Crippen molar-refractivity contribution >= 4 is 11.6 Å². The summed E-state index contributed by atoms with van der Waals surface area (Å²) < 4.78 is 5.51. The van der Waals surface area contributed by atoms with Crippen molar-refractivity contribution in [3.05, 3.63) is 24.3 Å². The number of methoxy groups -OCH3 is 1. The largest absolute Gasteiger partial charge is 0.495 e. The van der Waals surface area contributed by atoms with Crippen LogP contribution in [-0.4, -0.2) is 57.7 Å². The second kappa shape index (κ2) is 7.54. The van der Waals surface area contributed by atoms with Crippen LogP contribution >= 0.6 is 0 Å². The summed E-state index contributed by atoms with van der Waals surface area (Å²) in [5.41, 5.74) is 1.60. The number of ether oxygens (including phenoxy) is 1. The first-order valence-electron chi connectivity index (χ1n) is 9.36. The Morgan fingerprint density at radius 1 is 1.32 bits per heavy atom. The van der Waals surface area contributed by atoms with Crippen LogP contribution in [0.5, 0.6) is 5.75 Å². The van der Waals surface area contributed by atoms with Crippen LogP contribution in [-0.2, 0) is 0 Å². The van der Waals surface area contributed by atoms with Crippen molar-refractivity contribution in [2.45, 2.75) is 26.7 Å². The van der Waals surface area contributed by atoms with Gasteiger partial charge >= 0.3 is 0 Å². The van der Waals surface area contributed by atoms with Gasteiger partial charge in [-0.3, -0.25) is 4.99 Å². The zero-order chi connectivity index (χ0) is 17.9. The van der Waals surface area contributed by atoms with Gasteiger partial charge in [-0.2, -0.15) is 0 Å². The third-order valence-corrected chi connectivity index (χ3v) is 5.45. The molecule has 0 radical (unpaired) electrons. The Labute approximate surface area is 152 Å². The number of likely N-dealkylation sites (tertiary alicyclic amines) is 1. The number of nitrogens with one attached hydrogen (secondary N) is 1. The lowest BCUT2D eigenvalue weighted by Crippen LogP contribution is -2.42. The molecule has 1 aromatic carbocycles. The van der Waals surface area contributed by atoms with E-state index in [1.165, 1.54) is 18.5 Å². The molecule has 2 aliphatic heterocycles. The van der Waals surface area contributed by atoms with Gasteiger partial charge in [0.15, 0.2) is 5.96 Å². The standard InChI is InChI=1S/C20H32N4O/c1-20(2)10-12-24(15-20)19(21-3)22-13-16-9-11-23(14-16)17-7-5-6-8-18(17)25-4/h5-8,16H,9-15H2,1-4H3,(H,21,22). The van der Waals surface area contributed by atoms with Gasteiger partial charge in [0.05, 0.1) is 12.8 Å². The van der Waals surface area contributed by atoms with E-state index in [4.69, 9.17) is 4.74 Å². The number of hydrogen-bond donors (Lipinski definition) is 1. The molecule has 0 bridgehead atoms. The number of hydrogen-bond acceptors (Lipinski definition) is 3. The van der Waals surface area contributed by atoms with Gasteiger partial charge in [-0.25, -0.2) is 0 Å². The molecule has 2 fully saturated rings. The Bertz CT molecular complexity index is 613. The Hall–Kier alpha value is -1.91. The lowest BCUT2D eigenvalue weighted by molar-refractivity contribution is 0.368. The molecular formula is C20H32N4O. The number of benzene rings is 1. The van der Waals surface area contributed by atoms with Gasteiger partial charge < -0.3 is 19.9 Å². The smallest absolute Gasteiger partial charge is 0.193 e. The molecule has 0 amide bonds. The summed E-state index contributed by atoms with van der Waals surface area (Å²) in [6.45, 7) is 9.99. The van der Waals surface area contributed by atoms with E-state index in [1.807, 2.05) is 19.2 Å². The second-order valence-electron chi connectivity index (χ2n) is 8.04. The van der Waals surface area contributed by atoms with Crippen LogP contribution in [0, 0.1) is 11.3 Å². The van der Waals surface area contributed by atoms with E-state index in [2.05, 4.69) is 46.1 Å². The SMILES string of the molecule is CN=C(NCC1CCN(c2ccccc2OC)C1)N1CCC(C)(C)C1. The predicted octanol–water partition coefficient (Wildman–Crippen LogP) is 2.83. The van der Waals surface area contributed by atoms with Crippen LogP contribution in [0.15, 0.2) is 29.3 Å². The van der Waals surface area contributed by atoms with Crippen molar-refractivity contribution in [3.8, 4) is 5.75 Å². The van der Waals surface area contributed by atoms with Gasteiger partial charge in [0.1, 0.15) is 5.75 Å². The molecule has 0 spiro atoms. The number of nitrogens with zero attached hydrogens (tertiary/aromatic N) is 3. The molecule has 2 saturated heterocycles. The van der Waals surface area contributed by atoms with Crippen molar-refractivity contribution in [2.24, 2.45) is 16.3 Å². The first-order chi connectivity index (χ1) is 12.0. The molecule has 2 aliphatic rings. The minimum atomic E-state index is 0.394. The first kappa shape index (κ1) is 17.9. The fourth-order valence-electron chi connectivity index (χ4n) is 3.97. The molecule has 138 valence electrons. The van der Waals surface area contributed by atoms with E-state index in [0.717, 1.165) is 44.4 Å². The third-order valence-electron chi connectivity index (χ3n) is 5.45. The molecule has 0 aliphatic carbocycles. The minimum absolute atomic E-state index is 0.394. The highest BCUT2D eigenvalue weighted by Gasteiger charge is 2.31. The Balaban J connectivity index is 1.53. The highest BCUT2D eigenvalue weighted by atomic mass is 16.5. The monoisotopic (exact) mass is 344 g/mol. The van der Waals surface area contributed by atoms with Crippen molar-refractivity contribution in [1.82, 2.24) is 10.2 Å². The zero-order valence-electron chi connectivity index (χ0n) is 16.1.